The number of nitrogens with one attached hydrogen (secondary N) is 1. The van der Waals surface area contributed by atoms with Crippen molar-refractivity contribution in [2.45, 2.75) is 57.7 Å². The van der Waals surface area contributed by atoms with Gasteiger partial charge in [-0.05, 0) is 46.2 Å². The number of benzene rings is 1. The number of alkyl halides is 2. The number of fused-ring (bicyclic) bond motifs is 1. The summed E-state index contributed by atoms with van der Waals surface area (Å²) in [6.45, 7) is 8.11. The summed E-state index contributed by atoms with van der Waals surface area (Å²) in [4.78, 5) is 0. The van der Waals surface area contributed by atoms with Crippen molar-refractivity contribution >= 4 is 5.69 Å². The van der Waals surface area contributed by atoms with Crippen LogP contribution in [0.2, 0.25) is 0 Å². The Hall–Kier alpha value is -1.56. The third-order valence-electron chi connectivity index (χ3n) is 3.82. The van der Waals surface area contributed by atoms with E-state index in [2.05, 4.69) is 14.8 Å². The molecule has 0 spiro atoms. The monoisotopic (exact) mass is 299 g/mol. The highest BCUT2D eigenvalue weighted by molar-refractivity contribution is 5.56. The largest absolute Gasteiger partial charge is 0.586 e. The fourth-order valence-electron chi connectivity index (χ4n) is 3.03. The van der Waals surface area contributed by atoms with E-state index < -0.39 is 6.29 Å². The van der Waals surface area contributed by atoms with Gasteiger partial charge in [0.2, 0.25) is 0 Å². The Labute approximate surface area is 122 Å². The lowest BCUT2D eigenvalue weighted by Gasteiger charge is -2.28. The van der Waals surface area contributed by atoms with Crippen LogP contribution in [-0.2, 0) is 4.74 Å². The van der Waals surface area contributed by atoms with Gasteiger partial charge in [-0.25, -0.2) is 0 Å². The van der Waals surface area contributed by atoms with Crippen LogP contribution in [0.3, 0.4) is 0 Å². The molecule has 1 saturated heterocycles. The van der Waals surface area contributed by atoms with E-state index in [9.17, 15) is 8.78 Å². The number of halogens is 2. The van der Waals surface area contributed by atoms with E-state index in [1.807, 2.05) is 27.7 Å². The minimum absolute atomic E-state index is 0.0426. The van der Waals surface area contributed by atoms with Crippen molar-refractivity contribution in [3.05, 3.63) is 18.2 Å². The fourth-order valence-corrected chi connectivity index (χ4v) is 3.03. The molecule has 2 aliphatic rings. The first-order valence-electron chi connectivity index (χ1n) is 6.93. The van der Waals surface area contributed by atoms with Gasteiger partial charge in [-0.3, -0.25) is 0 Å². The van der Waals surface area contributed by atoms with Gasteiger partial charge in [0.1, 0.15) is 0 Å². The Morgan fingerprint density at radius 3 is 2.38 bits per heavy atom. The second-order valence-electron chi connectivity index (χ2n) is 6.70. The number of hydrogen-bond acceptors (Lipinski definition) is 4. The van der Waals surface area contributed by atoms with Gasteiger partial charge in [0.25, 0.3) is 0 Å². The van der Waals surface area contributed by atoms with Gasteiger partial charge in [0, 0.05) is 11.8 Å². The SMILES string of the molecule is CC1(C)CC(Nc2ccc3c(c2)OC(F)(F)O3)C(C)(C)O1. The van der Waals surface area contributed by atoms with E-state index in [0.29, 0.717) is 5.69 Å². The van der Waals surface area contributed by atoms with Gasteiger partial charge in [0.15, 0.2) is 11.5 Å². The Morgan fingerprint density at radius 2 is 1.76 bits per heavy atom. The molecule has 2 heterocycles. The standard InChI is InChI=1S/C15H19F2NO3/c1-13(2)8-12(14(3,4)21-13)18-9-5-6-10-11(7-9)20-15(16,17)19-10/h5-7,12,18H,8H2,1-4H3. The Morgan fingerprint density at radius 1 is 1.10 bits per heavy atom. The average molecular weight is 299 g/mol. The van der Waals surface area contributed by atoms with Crippen LogP contribution in [0.4, 0.5) is 14.5 Å². The van der Waals surface area contributed by atoms with Crippen LogP contribution >= 0.6 is 0 Å². The lowest BCUT2D eigenvalue weighted by atomic mass is 9.94. The molecule has 1 unspecified atom stereocenters. The highest BCUT2D eigenvalue weighted by Crippen LogP contribution is 2.44. The molecular weight excluding hydrogens is 280 g/mol. The van der Waals surface area contributed by atoms with Crippen molar-refractivity contribution in [2.24, 2.45) is 0 Å². The fraction of sp³-hybridized carbons (Fsp3) is 0.600. The number of ether oxygens (including phenoxy) is 3. The molecule has 21 heavy (non-hydrogen) atoms. The van der Waals surface area contributed by atoms with Crippen molar-refractivity contribution in [1.29, 1.82) is 0 Å². The minimum atomic E-state index is -3.58. The molecule has 1 aromatic carbocycles. The van der Waals surface area contributed by atoms with Gasteiger partial charge < -0.3 is 19.5 Å². The molecule has 116 valence electrons. The molecule has 0 aliphatic carbocycles. The smallest absolute Gasteiger partial charge is 0.395 e. The molecule has 4 nitrogen and oxygen atoms in total. The molecule has 1 atom stereocenters. The second-order valence-corrected chi connectivity index (χ2v) is 6.70. The predicted octanol–water partition coefficient (Wildman–Crippen LogP) is 3.77. The van der Waals surface area contributed by atoms with E-state index in [4.69, 9.17) is 4.74 Å². The Bertz CT molecular complexity index is 572. The van der Waals surface area contributed by atoms with E-state index in [1.54, 1.807) is 6.07 Å². The molecule has 0 aromatic heterocycles. The third-order valence-corrected chi connectivity index (χ3v) is 3.82. The molecule has 1 aromatic rings. The van der Waals surface area contributed by atoms with E-state index in [-0.39, 0.29) is 28.7 Å². The van der Waals surface area contributed by atoms with Crippen LogP contribution in [0, 0.1) is 0 Å². The van der Waals surface area contributed by atoms with Crippen LogP contribution in [0.15, 0.2) is 18.2 Å². The van der Waals surface area contributed by atoms with Crippen LogP contribution in [0.25, 0.3) is 0 Å². The van der Waals surface area contributed by atoms with Crippen molar-refractivity contribution in [1.82, 2.24) is 0 Å². The summed E-state index contributed by atoms with van der Waals surface area (Å²) < 4.78 is 40.9. The van der Waals surface area contributed by atoms with Crippen LogP contribution < -0.4 is 14.8 Å². The maximum atomic E-state index is 13.0. The summed E-state index contributed by atoms with van der Waals surface area (Å²) in [6, 6.07) is 4.78. The summed E-state index contributed by atoms with van der Waals surface area (Å²) in [5, 5.41) is 3.34. The van der Waals surface area contributed by atoms with E-state index in [0.717, 1.165) is 6.42 Å². The van der Waals surface area contributed by atoms with Gasteiger partial charge >= 0.3 is 6.29 Å². The molecule has 0 bridgehead atoms. The zero-order chi connectivity index (χ0) is 15.5. The zero-order valence-corrected chi connectivity index (χ0v) is 12.5. The highest BCUT2D eigenvalue weighted by atomic mass is 19.3. The number of anilines is 1. The predicted molar refractivity (Wildman–Crippen MR) is 73.9 cm³/mol. The van der Waals surface area contributed by atoms with Crippen LogP contribution in [0.1, 0.15) is 34.1 Å². The number of hydrogen-bond donors (Lipinski definition) is 1. The molecule has 1 fully saturated rings. The minimum Gasteiger partial charge on any atom is -0.395 e. The summed E-state index contributed by atoms with van der Waals surface area (Å²) in [6.07, 6.45) is -2.76. The Kier molecular flexibility index (Phi) is 2.89. The molecular formula is C15H19F2NO3. The normalized spacial score (nSPS) is 27.6. The van der Waals surface area contributed by atoms with Gasteiger partial charge in [-0.2, -0.15) is 0 Å². The van der Waals surface area contributed by atoms with E-state index >= 15 is 0 Å². The maximum absolute atomic E-state index is 13.0. The molecule has 0 radical (unpaired) electrons. The summed E-state index contributed by atoms with van der Waals surface area (Å²) in [5.41, 5.74) is 0.142. The zero-order valence-electron chi connectivity index (χ0n) is 12.5. The quantitative estimate of drug-likeness (QED) is 0.902. The first-order chi connectivity index (χ1) is 9.56. The van der Waals surface area contributed by atoms with Crippen molar-refractivity contribution in [3.63, 3.8) is 0 Å². The highest BCUT2D eigenvalue weighted by Gasteiger charge is 2.46. The summed E-state index contributed by atoms with van der Waals surface area (Å²) >= 11 is 0. The molecule has 0 saturated carbocycles. The summed E-state index contributed by atoms with van der Waals surface area (Å²) in [5.74, 6) is 0.0915. The third kappa shape index (κ3) is 2.77. The first-order valence-corrected chi connectivity index (χ1v) is 6.93. The van der Waals surface area contributed by atoms with Gasteiger partial charge in [0.05, 0.1) is 17.2 Å². The molecule has 3 rings (SSSR count). The lowest BCUT2D eigenvalue weighted by molar-refractivity contribution is -0.286. The Balaban J connectivity index is 1.78. The first kappa shape index (κ1) is 14.4. The van der Waals surface area contributed by atoms with Crippen LogP contribution in [-0.4, -0.2) is 23.5 Å². The van der Waals surface area contributed by atoms with Crippen LogP contribution in [0.5, 0.6) is 11.5 Å². The van der Waals surface area contributed by atoms with Crippen molar-refractivity contribution in [3.8, 4) is 11.5 Å². The molecule has 0 amide bonds. The second kappa shape index (κ2) is 4.22. The molecule has 6 heteroatoms. The average Bonchev–Trinajstić information content (AvgIpc) is 2.69. The topological polar surface area (TPSA) is 39.7 Å². The van der Waals surface area contributed by atoms with Crippen molar-refractivity contribution < 1.29 is 23.0 Å². The number of rotatable bonds is 2. The summed E-state index contributed by atoms with van der Waals surface area (Å²) in [7, 11) is 0. The maximum Gasteiger partial charge on any atom is 0.586 e. The lowest BCUT2D eigenvalue weighted by Crippen LogP contribution is -2.38. The van der Waals surface area contributed by atoms with Crippen molar-refractivity contribution in [2.75, 3.05) is 5.32 Å². The van der Waals surface area contributed by atoms with E-state index in [1.165, 1.54) is 12.1 Å². The molecule has 2 aliphatic heterocycles. The molecule has 1 N–H and O–H groups in total. The van der Waals surface area contributed by atoms with Gasteiger partial charge in [-0.15, -0.1) is 8.78 Å². The van der Waals surface area contributed by atoms with Gasteiger partial charge in [-0.1, -0.05) is 0 Å².